The molecule has 0 aliphatic rings. The Morgan fingerprint density at radius 2 is 2.15 bits per heavy atom. The zero-order valence-corrected chi connectivity index (χ0v) is 11.4. The fourth-order valence-corrected chi connectivity index (χ4v) is 2.60. The van der Waals surface area contributed by atoms with Gasteiger partial charge in [0.1, 0.15) is 5.82 Å². The molecule has 0 atom stereocenters. The van der Waals surface area contributed by atoms with Crippen molar-refractivity contribution in [3.63, 3.8) is 0 Å². The van der Waals surface area contributed by atoms with Crippen LogP contribution in [-0.4, -0.2) is 21.0 Å². The van der Waals surface area contributed by atoms with Crippen molar-refractivity contribution in [3.8, 4) is 0 Å². The summed E-state index contributed by atoms with van der Waals surface area (Å²) in [5.41, 5.74) is 0.898. The Balaban J connectivity index is 2.01. The highest BCUT2D eigenvalue weighted by atomic mass is 32.1. The number of rotatable bonds is 3. The van der Waals surface area contributed by atoms with Crippen LogP contribution in [0.15, 0.2) is 36.5 Å². The fraction of sp³-hybridized carbons (Fsp3) is 0.0714. The molecule has 0 unspecified atom stereocenters. The van der Waals surface area contributed by atoms with Crippen LogP contribution in [0, 0.1) is 6.92 Å². The average molecular weight is 285 g/mol. The number of nitrogens with zero attached hydrogens (tertiary/aromatic N) is 2. The van der Waals surface area contributed by atoms with Crippen molar-refractivity contribution < 1.29 is 9.90 Å². The van der Waals surface area contributed by atoms with Crippen LogP contribution in [0.25, 0.3) is 10.9 Å². The lowest BCUT2D eigenvalue weighted by atomic mass is 10.1. The molecular formula is C14H11N3O2S. The Morgan fingerprint density at radius 3 is 2.85 bits per heavy atom. The number of thiazole rings is 1. The summed E-state index contributed by atoms with van der Waals surface area (Å²) in [6.07, 6.45) is 1.79. The molecule has 3 rings (SSSR count). The van der Waals surface area contributed by atoms with E-state index < -0.39 is 5.97 Å². The number of hydrogen-bond acceptors (Lipinski definition) is 5. The number of fused-ring (bicyclic) bond motifs is 1. The van der Waals surface area contributed by atoms with E-state index >= 15 is 0 Å². The van der Waals surface area contributed by atoms with Crippen molar-refractivity contribution in [2.24, 2.45) is 0 Å². The van der Waals surface area contributed by atoms with Gasteiger partial charge in [-0.2, -0.15) is 0 Å². The SMILES string of the molecule is Cc1cnc(Nc2ccc3c(C(=O)O)cccc3n2)s1. The molecule has 0 aliphatic heterocycles. The summed E-state index contributed by atoms with van der Waals surface area (Å²) in [6.45, 7) is 1.98. The van der Waals surface area contributed by atoms with E-state index in [1.54, 1.807) is 36.5 Å². The first-order valence-corrected chi connectivity index (χ1v) is 6.77. The molecule has 20 heavy (non-hydrogen) atoms. The van der Waals surface area contributed by atoms with E-state index in [1.807, 2.05) is 6.92 Å². The quantitative estimate of drug-likeness (QED) is 0.771. The Bertz CT molecular complexity index is 798. The molecule has 0 saturated carbocycles. The third-order valence-corrected chi connectivity index (χ3v) is 3.65. The lowest BCUT2D eigenvalue weighted by Gasteiger charge is -2.05. The van der Waals surface area contributed by atoms with Crippen molar-refractivity contribution in [3.05, 3.63) is 47.0 Å². The first-order valence-electron chi connectivity index (χ1n) is 5.96. The number of nitrogens with one attached hydrogen (secondary N) is 1. The van der Waals surface area contributed by atoms with Gasteiger partial charge in [-0.25, -0.2) is 14.8 Å². The number of pyridine rings is 1. The molecule has 0 saturated heterocycles. The molecule has 2 heterocycles. The van der Waals surface area contributed by atoms with E-state index in [1.165, 1.54) is 11.3 Å². The number of carboxylic acid groups (broad SMARTS) is 1. The van der Waals surface area contributed by atoms with Gasteiger partial charge in [-0.3, -0.25) is 0 Å². The second kappa shape index (κ2) is 4.90. The van der Waals surface area contributed by atoms with Gasteiger partial charge in [-0.1, -0.05) is 6.07 Å². The first-order chi connectivity index (χ1) is 9.63. The monoisotopic (exact) mass is 285 g/mol. The number of anilines is 2. The zero-order chi connectivity index (χ0) is 14.1. The Morgan fingerprint density at radius 1 is 1.30 bits per heavy atom. The Kier molecular flexibility index (Phi) is 3.08. The minimum atomic E-state index is -0.950. The molecule has 3 aromatic rings. The average Bonchev–Trinajstić information content (AvgIpc) is 2.83. The molecule has 0 amide bonds. The van der Waals surface area contributed by atoms with Gasteiger partial charge in [0, 0.05) is 16.5 Å². The Hall–Kier alpha value is -2.47. The van der Waals surface area contributed by atoms with E-state index in [9.17, 15) is 4.79 Å². The molecule has 1 aromatic carbocycles. The highest BCUT2D eigenvalue weighted by Gasteiger charge is 2.09. The predicted octanol–water partition coefficient (Wildman–Crippen LogP) is 3.44. The molecule has 6 heteroatoms. The number of carboxylic acids is 1. The van der Waals surface area contributed by atoms with Crippen LogP contribution < -0.4 is 5.32 Å². The molecule has 0 spiro atoms. The van der Waals surface area contributed by atoms with Gasteiger partial charge >= 0.3 is 5.97 Å². The van der Waals surface area contributed by atoms with Crippen LogP contribution in [0.1, 0.15) is 15.2 Å². The maximum atomic E-state index is 11.1. The van der Waals surface area contributed by atoms with E-state index in [0.29, 0.717) is 16.7 Å². The molecule has 5 nitrogen and oxygen atoms in total. The fourth-order valence-electron chi connectivity index (χ4n) is 1.93. The third-order valence-electron chi connectivity index (χ3n) is 2.82. The number of benzene rings is 1. The molecule has 0 aliphatic carbocycles. The maximum absolute atomic E-state index is 11.1. The van der Waals surface area contributed by atoms with Gasteiger partial charge in [0.15, 0.2) is 5.13 Å². The summed E-state index contributed by atoms with van der Waals surface area (Å²) in [7, 11) is 0. The third kappa shape index (κ3) is 2.33. The van der Waals surface area contributed by atoms with Gasteiger partial charge < -0.3 is 10.4 Å². The summed E-state index contributed by atoms with van der Waals surface area (Å²) in [6, 6.07) is 8.57. The number of hydrogen-bond donors (Lipinski definition) is 2. The minimum absolute atomic E-state index is 0.256. The molecule has 2 aromatic heterocycles. The highest BCUT2D eigenvalue weighted by molar-refractivity contribution is 7.15. The van der Waals surface area contributed by atoms with Gasteiger partial charge in [0.05, 0.1) is 11.1 Å². The second-order valence-electron chi connectivity index (χ2n) is 4.27. The Labute approximate surface area is 118 Å². The van der Waals surface area contributed by atoms with Gasteiger partial charge in [0.2, 0.25) is 0 Å². The number of aromatic nitrogens is 2. The summed E-state index contributed by atoms with van der Waals surface area (Å²) >= 11 is 1.54. The van der Waals surface area contributed by atoms with E-state index in [-0.39, 0.29) is 5.56 Å². The van der Waals surface area contributed by atoms with Crippen molar-refractivity contribution in [1.29, 1.82) is 0 Å². The first kappa shape index (κ1) is 12.6. The smallest absolute Gasteiger partial charge is 0.336 e. The molecule has 2 N–H and O–H groups in total. The van der Waals surface area contributed by atoms with Crippen LogP contribution in [0.5, 0.6) is 0 Å². The maximum Gasteiger partial charge on any atom is 0.336 e. The number of aromatic carboxylic acids is 1. The molecule has 0 bridgehead atoms. The molecule has 0 fully saturated rings. The standard InChI is InChI=1S/C14H11N3O2S/c1-8-7-15-14(20-8)17-12-6-5-9-10(13(18)19)3-2-4-11(9)16-12/h2-7H,1H3,(H,18,19)(H,15,16,17). The number of aryl methyl sites for hydroxylation is 1. The van der Waals surface area contributed by atoms with Crippen LogP contribution in [-0.2, 0) is 0 Å². The van der Waals surface area contributed by atoms with Crippen LogP contribution >= 0.6 is 11.3 Å². The van der Waals surface area contributed by atoms with Crippen molar-refractivity contribution in [2.75, 3.05) is 5.32 Å². The predicted molar refractivity (Wildman–Crippen MR) is 78.8 cm³/mol. The van der Waals surface area contributed by atoms with Gasteiger partial charge in [-0.15, -0.1) is 11.3 Å². The van der Waals surface area contributed by atoms with Crippen LogP contribution in [0.4, 0.5) is 10.9 Å². The largest absolute Gasteiger partial charge is 0.478 e. The second-order valence-corrected chi connectivity index (χ2v) is 5.51. The normalized spacial score (nSPS) is 10.7. The minimum Gasteiger partial charge on any atom is -0.478 e. The van der Waals surface area contributed by atoms with Crippen molar-refractivity contribution in [2.45, 2.75) is 6.92 Å². The summed E-state index contributed by atoms with van der Waals surface area (Å²) in [4.78, 5) is 20.9. The van der Waals surface area contributed by atoms with Gasteiger partial charge in [-0.05, 0) is 31.2 Å². The van der Waals surface area contributed by atoms with Crippen molar-refractivity contribution in [1.82, 2.24) is 9.97 Å². The zero-order valence-electron chi connectivity index (χ0n) is 10.6. The van der Waals surface area contributed by atoms with Gasteiger partial charge in [0.25, 0.3) is 0 Å². The van der Waals surface area contributed by atoms with E-state index in [4.69, 9.17) is 5.11 Å². The summed E-state index contributed by atoms with van der Waals surface area (Å²) in [5.74, 6) is -0.303. The van der Waals surface area contributed by atoms with E-state index in [0.717, 1.165) is 10.0 Å². The molecule has 0 radical (unpaired) electrons. The summed E-state index contributed by atoms with van der Waals surface area (Å²) < 4.78 is 0. The lowest BCUT2D eigenvalue weighted by molar-refractivity contribution is 0.0699. The lowest BCUT2D eigenvalue weighted by Crippen LogP contribution is -1.99. The number of carbonyl (C=O) groups is 1. The topological polar surface area (TPSA) is 75.1 Å². The molecular weight excluding hydrogens is 274 g/mol. The summed E-state index contributed by atoms with van der Waals surface area (Å²) in [5, 5.41) is 13.6. The van der Waals surface area contributed by atoms with Crippen molar-refractivity contribution >= 4 is 39.2 Å². The van der Waals surface area contributed by atoms with Crippen LogP contribution in [0.2, 0.25) is 0 Å². The molecule has 100 valence electrons. The highest BCUT2D eigenvalue weighted by Crippen LogP contribution is 2.24. The van der Waals surface area contributed by atoms with E-state index in [2.05, 4.69) is 15.3 Å². The van der Waals surface area contributed by atoms with Crippen LogP contribution in [0.3, 0.4) is 0 Å².